The zero-order valence-corrected chi connectivity index (χ0v) is 12.6. The Kier molecular flexibility index (Phi) is 3.51. The number of aliphatic hydroxyl groups excluding tert-OH is 1. The molecule has 114 valence electrons. The summed E-state index contributed by atoms with van der Waals surface area (Å²) in [5, 5.41) is 15.2. The minimum absolute atomic E-state index is 0.0397. The highest BCUT2D eigenvalue weighted by Gasteiger charge is 2.52. The van der Waals surface area contributed by atoms with Crippen LogP contribution < -0.4 is 10.6 Å². The number of amides is 1. The van der Waals surface area contributed by atoms with Gasteiger partial charge in [0.05, 0.1) is 0 Å². The Bertz CT molecular complexity index is 522. The number of benzene rings is 1. The minimum atomic E-state index is -0.916. The summed E-state index contributed by atoms with van der Waals surface area (Å²) in [6.45, 7) is 0. The fourth-order valence-electron chi connectivity index (χ4n) is 3.83. The number of rotatable bonds is 2. The molecule has 1 aromatic carbocycles. The van der Waals surface area contributed by atoms with Crippen molar-refractivity contribution >= 4 is 5.91 Å². The van der Waals surface area contributed by atoms with Crippen LogP contribution in [0.4, 0.5) is 0 Å². The molecule has 1 spiro atoms. The predicted octanol–water partition coefficient (Wildman–Crippen LogP) is 0.752. The third-order valence-electron chi connectivity index (χ3n) is 5.21. The molecule has 1 saturated heterocycles. The molecule has 1 aromatic rings. The van der Waals surface area contributed by atoms with Crippen LogP contribution >= 0.6 is 0 Å². The largest absolute Gasteiger partial charge is 0.361 e. The molecule has 5 heteroatoms. The smallest absolute Gasteiger partial charge is 0.243 e. The Hall–Kier alpha value is -1.43. The van der Waals surface area contributed by atoms with Gasteiger partial charge in [0.1, 0.15) is 5.54 Å². The van der Waals surface area contributed by atoms with E-state index in [4.69, 9.17) is 0 Å². The fraction of sp³-hybridized carbons (Fsp3) is 0.562. The second kappa shape index (κ2) is 5.09. The maximum Gasteiger partial charge on any atom is 0.243 e. The molecule has 0 aromatic heterocycles. The first-order valence-electron chi connectivity index (χ1n) is 7.48. The first-order chi connectivity index (χ1) is 9.98. The van der Waals surface area contributed by atoms with E-state index in [1.165, 1.54) is 5.56 Å². The number of carbonyl (C=O) groups is 1. The van der Waals surface area contributed by atoms with Gasteiger partial charge >= 0.3 is 0 Å². The molecular formula is C16H23N3O2. The molecule has 0 bridgehead atoms. The topological polar surface area (TPSA) is 64.6 Å². The van der Waals surface area contributed by atoms with E-state index in [2.05, 4.69) is 53.9 Å². The minimum Gasteiger partial charge on any atom is -0.361 e. The highest BCUT2D eigenvalue weighted by Crippen LogP contribution is 2.45. The van der Waals surface area contributed by atoms with Crippen molar-refractivity contribution in [3.63, 3.8) is 0 Å². The summed E-state index contributed by atoms with van der Waals surface area (Å²) in [5.74, 6) is -0.0737. The van der Waals surface area contributed by atoms with Crippen molar-refractivity contribution in [1.29, 1.82) is 0 Å². The molecule has 1 amide bonds. The van der Waals surface area contributed by atoms with Gasteiger partial charge in [0, 0.05) is 5.54 Å². The quantitative estimate of drug-likeness (QED) is 0.752. The van der Waals surface area contributed by atoms with Crippen molar-refractivity contribution < 1.29 is 9.90 Å². The Morgan fingerprint density at radius 2 is 1.76 bits per heavy atom. The monoisotopic (exact) mass is 289 g/mol. The lowest BCUT2D eigenvalue weighted by molar-refractivity contribution is -0.126. The third-order valence-corrected chi connectivity index (χ3v) is 5.21. The Morgan fingerprint density at radius 3 is 2.24 bits per heavy atom. The van der Waals surface area contributed by atoms with Crippen LogP contribution in [0.15, 0.2) is 30.3 Å². The third kappa shape index (κ3) is 2.25. The van der Waals surface area contributed by atoms with E-state index in [0.29, 0.717) is 0 Å². The van der Waals surface area contributed by atoms with E-state index < -0.39 is 11.9 Å². The van der Waals surface area contributed by atoms with Crippen LogP contribution in [0.1, 0.15) is 31.2 Å². The first-order valence-corrected chi connectivity index (χ1v) is 7.48. The standard InChI is InChI=1S/C16H23N3O2/c1-19(2)16(12-6-4-3-5-7-12)10-8-15(9-11-16)13(20)17-14(21)18-15/h3-7,14,18,21H,8-11H2,1-2H3,(H,17,20). The van der Waals surface area contributed by atoms with Gasteiger partial charge in [-0.05, 0) is 45.3 Å². The van der Waals surface area contributed by atoms with Gasteiger partial charge in [-0.25, -0.2) is 0 Å². The van der Waals surface area contributed by atoms with Gasteiger partial charge in [-0.3, -0.25) is 15.0 Å². The van der Waals surface area contributed by atoms with Gasteiger partial charge in [-0.2, -0.15) is 0 Å². The lowest BCUT2D eigenvalue weighted by Crippen LogP contribution is -2.56. The molecule has 1 heterocycles. The van der Waals surface area contributed by atoms with E-state index in [1.807, 2.05) is 6.07 Å². The summed E-state index contributed by atoms with van der Waals surface area (Å²) in [6.07, 6.45) is 2.31. The van der Waals surface area contributed by atoms with Crippen molar-refractivity contribution in [3.8, 4) is 0 Å². The molecule has 2 aliphatic rings. The molecule has 2 fully saturated rings. The van der Waals surface area contributed by atoms with Gasteiger partial charge in [0.2, 0.25) is 5.91 Å². The van der Waals surface area contributed by atoms with E-state index in [9.17, 15) is 9.90 Å². The zero-order valence-electron chi connectivity index (χ0n) is 12.6. The van der Waals surface area contributed by atoms with Gasteiger partial charge in [-0.1, -0.05) is 30.3 Å². The average Bonchev–Trinajstić information content (AvgIpc) is 2.75. The fourth-order valence-corrected chi connectivity index (χ4v) is 3.83. The number of hydrogen-bond donors (Lipinski definition) is 3. The normalized spacial score (nSPS) is 36.2. The number of carbonyl (C=O) groups excluding carboxylic acids is 1. The molecule has 3 rings (SSSR count). The Morgan fingerprint density at radius 1 is 1.14 bits per heavy atom. The maximum absolute atomic E-state index is 12.1. The highest BCUT2D eigenvalue weighted by molar-refractivity contribution is 5.88. The summed E-state index contributed by atoms with van der Waals surface area (Å²) in [5.41, 5.74) is 0.652. The van der Waals surface area contributed by atoms with Gasteiger partial charge in [0.25, 0.3) is 0 Å². The number of nitrogens with one attached hydrogen (secondary N) is 2. The molecule has 5 nitrogen and oxygen atoms in total. The van der Waals surface area contributed by atoms with Crippen LogP contribution in [0.25, 0.3) is 0 Å². The van der Waals surface area contributed by atoms with E-state index in [-0.39, 0.29) is 11.4 Å². The van der Waals surface area contributed by atoms with Crippen molar-refractivity contribution in [2.24, 2.45) is 0 Å². The van der Waals surface area contributed by atoms with E-state index >= 15 is 0 Å². The molecule has 1 saturated carbocycles. The summed E-state index contributed by atoms with van der Waals surface area (Å²) in [6, 6.07) is 10.5. The lowest BCUT2D eigenvalue weighted by Gasteiger charge is -2.48. The second-order valence-corrected chi connectivity index (χ2v) is 6.39. The van der Waals surface area contributed by atoms with Gasteiger partial charge in [-0.15, -0.1) is 0 Å². The molecule has 0 radical (unpaired) electrons. The molecule has 1 aliphatic carbocycles. The van der Waals surface area contributed by atoms with Crippen molar-refractivity contribution in [2.75, 3.05) is 14.1 Å². The van der Waals surface area contributed by atoms with Crippen LogP contribution in [0, 0.1) is 0 Å². The number of nitrogens with zero attached hydrogens (tertiary/aromatic N) is 1. The second-order valence-electron chi connectivity index (χ2n) is 6.39. The lowest BCUT2D eigenvalue weighted by atomic mass is 9.68. The molecule has 1 aliphatic heterocycles. The van der Waals surface area contributed by atoms with E-state index in [0.717, 1.165) is 25.7 Å². The maximum atomic E-state index is 12.1. The number of aliphatic hydroxyl groups is 1. The summed E-state index contributed by atoms with van der Waals surface area (Å²) in [4.78, 5) is 14.4. The van der Waals surface area contributed by atoms with Crippen LogP contribution in [-0.2, 0) is 10.3 Å². The van der Waals surface area contributed by atoms with Crippen LogP contribution in [0.2, 0.25) is 0 Å². The van der Waals surface area contributed by atoms with E-state index in [1.54, 1.807) is 0 Å². The van der Waals surface area contributed by atoms with Gasteiger partial charge in [0.15, 0.2) is 6.35 Å². The van der Waals surface area contributed by atoms with Crippen LogP contribution in [0.5, 0.6) is 0 Å². The Labute approximate surface area is 125 Å². The van der Waals surface area contributed by atoms with Crippen molar-refractivity contribution in [3.05, 3.63) is 35.9 Å². The van der Waals surface area contributed by atoms with Gasteiger partial charge < -0.3 is 10.4 Å². The SMILES string of the molecule is CN(C)C1(c2ccccc2)CCC2(CC1)NC(O)NC2=O. The zero-order chi connectivity index (χ0) is 15.1. The average molecular weight is 289 g/mol. The number of hydrogen-bond acceptors (Lipinski definition) is 4. The highest BCUT2D eigenvalue weighted by atomic mass is 16.3. The Balaban J connectivity index is 1.86. The summed E-state index contributed by atoms with van der Waals surface area (Å²) in [7, 11) is 4.20. The summed E-state index contributed by atoms with van der Waals surface area (Å²) < 4.78 is 0. The first kappa shape index (κ1) is 14.5. The van der Waals surface area contributed by atoms with Crippen LogP contribution in [-0.4, -0.2) is 41.9 Å². The molecule has 1 atom stereocenters. The van der Waals surface area contributed by atoms with Crippen molar-refractivity contribution in [1.82, 2.24) is 15.5 Å². The molecule has 3 N–H and O–H groups in total. The molecule has 1 unspecified atom stereocenters. The van der Waals surface area contributed by atoms with Crippen LogP contribution in [0.3, 0.4) is 0 Å². The molecule has 21 heavy (non-hydrogen) atoms. The summed E-state index contributed by atoms with van der Waals surface area (Å²) >= 11 is 0. The molecular weight excluding hydrogens is 266 g/mol. The van der Waals surface area contributed by atoms with Crippen molar-refractivity contribution in [2.45, 2.75) is 43.1 Å². The predicted molar refractivity (Wildman–Crippen MR) is 80.3 cm³/mol.